The largest absolute Gasteiger partial charge is 0.379 e. The van der Waals surface area contributed by atoms with Crippen molar-refractivity contribution in [3.63, 3.8) is 0 Å². The topological polar surface area (TPSA) is 53.2 Å². The number of hydrogen-bond donors (Lipinski definition) is 2. The molecule has 5 nitrogen and oxygen atoms in total. The molecular weight excluding hydrogens is 295 g/mol. The zero-order valence-corrected chi connectivity index (χ0v) is 13.4. The summed E-state index contributed by atoms with van der Waals surface area (Å²) in [6.07, 6.45) is 1.85. The maximum absolute atomic E-state index is 13.2. The summed E-state index contributed by atoms with van der Waals surface area (Å²) < 4.78 is 18.7. The molecule has 1 aromatic carbocycles. The van der Waals surface area contributed by atoms with Gasteiger partial charge in [-0.3, -0.25) is 10.00 Å². The molecule has 1 unspecified atom stereocenters. The Morgan fingerprint density at radius 1 is 1.30 bits per heavy atom. The number of halogens is 1. The first-order valence-corrected chi connectivity index (χ1v) is 8.01. The number of nitrogens with zero attached hydrogens (tertiary/aromatic N) is 2. The Morgan fingerprint density at radius 3 is 2.70 bits per heavy atom. The number of benzene rings is 1. The molecule has 1 aliphatic rings. The quantitative estimate of drug-likeness (QED) is 0.856. The summed E-state index contributed by atoms with van der Waals surface area (Å²) in [5.41, 5.74) is 3.39. The fourth-order valence-corrected chi connectivity index (χ4v) is 2.93. The van der Waals surface area contributed by atoms with E-state index in [0.717, 1.165) is 50.7 Å². The van der Waals surface area contributed by atoms with Crippen molar-refractivity contribution in [3.8, 4) is 0 Å². The van der Waals surface area contributed by atoms with Crippen LogP contribution in [0.25, 0.3) is 0 Å². The lowest BCUT2D eigenvalue weighted by atomic mass is 10.0. The second kappa shape index (κ2) is 7.68. The van der Waals surface area contributed by atoms with Crippen LogP contribution in [-0.4, -0.2) is 47.9 Å². The molecule has 1 atom stereocenters. The Morgan fingerprint density at radius 2 is 2.04 bits per heavy atom. The molecule has 1 aliphatic heterocycles. The normalized spacial score (nSPS) is 17.3. The van der Waals surface area contributed by atoms with E-state index in [4.69, 9.17) is 4.74 Å². The van der Waals surface area contributed by atoms with Crippen molar-refractivity contribution in [3.05, 3.63) is 53.1 Å². The van der Waals surface area contributed by atoms with Gasteiger partial charge in [0.05, 0.1) is 19.4 Å². The molecule has 0 saturated carbocycles. The molecule has 1 fully saturated rings. The van der Waals surface area contributed by atoms with Gasteiger partial charge in [0, 0.05) is 43.5 Å². The van der Waals surface area contributed by atoms with Gasteiger partial charge in [-0.25, -0.2) is 4.39 Å². The molecule has 2 heterocycles. The Bertz CT molecular complexity index is 607. The van der Waals surface area contributed by atoms with Crippen LogP contribution in [0.2, 0.25) is 0 Å². The van der Waals surface area contributed by atoms with Gasteiger partial charge in [-0.05, 0) is 24.6 Å². The minimum Gasteiger partial charge on any atom is -0.379 e. The smallest absolute Gasteiger partial charge is 0.123 e. The van der Waals surface area contributed by atoms with Crippen molar-refractivity contribution in [2.45, 2.75) is 19.5 Å². The van der Waals surface area contributed by atoms with E-state index in [-0.39, 0.29) is 11.9 Å². The molecule has 1 aromatic heterocycles. The van der Waals surface area contributed by atoms with Gasteiger partial charge in [0.15, 0.2) is 0 Å². The molecule has 1 saturated heterocycles. The molecule has 0 aliphatic carbocycles. The van der Waals surface area contributed by atoms with E-state index >= 15 is 0 Å². The fraction of sp³-hybridized carbons (Fsp3) is 0.471. The van der Waals surface area contributed by atoms with E-state index in [1.54, 1.807) is 0 Å². The van der Waals surface area contributed by atoms with Crippen molar-refractivity contribution in [2.75, 3.05) is 32.8 Å². The van der Waals surface area contributed by atoms with E-state index in [9.17, 15) is 4.39 Å². The van der Waals surface area contributed by atoms with Crippen molar-refractivity contribution >= 4 is 0 Å². The first-order valence-electron chi connectivity index (χ1n) is 8.01. The number of aryl methyl sites for hydroxylation is 1. The summed E-state index contributed by atoms with van der Waals surface area (Å²) in [6, 6.07) is 7.03. The van der Waals surface area contributed by atoms with Gasteiger partial charge in [0.25, 0.3) is 0 Å². The highest BCUT2D eigenvalue weighted by atomic mass is 19.1. The predicted octanol–water partition coefficient (Wildman–Crippen LogP) is 2.02. The third-order valence-electron chi connectivity index (χ3n) is 4.33. The first kappa shape index (κ1) is 16.1. The van der Waals surface area contributed by atoms with Gasteiger partial charge >= 0.3 is 0 Å². The molecule has 6 heteroatoms. The van der Waals surface area contributed by atoms with Gasteiger partial charge in [0.1, 0.15) is 5.82 Å². The van der Waals surface area contributed by atoms with Crippen molar-refractivity contribution < 1.29 is 9.13 Å². The number of morpholine rings is 1. The lowest BCUT2D eigenvalue weighted by Gasteiger charge is -2.35. The molecular formula is C17H23FN4O. The summed E-state index contributed by atoms with van der Waals surface area (Å²) in [4.78, 5) is 2.39. The number of nitrogens with one attached hydrogen (secondary N) is 2. The SMILES string of the molecule is Cc1[nH]ncc1CNCC(c1ccc(F)cc1)N1CCOCC1. The van der Waals surface area contributed by atoms with Crippen LogP contribution in [0.1, 0.15) is 22.9 Å². The van der Waals surface area contributed by atoms with Crippen LogP contribution in [0.15, 0.2) is 30.5 Å². The first-order chi connectivity index (χ1) is 11.2. The monoisotopic (exact) mass is 318 g/mol. The molecule has 0 amide bonds. The van der Waals surface area contributed by atoms with Crippen LogP contribution in [0, 0.1) is 12.7 Å². The van der Waals surface area contributed by atoms with E-state index in [1.165, 1.54) is 17.7 Å². The van der Waals surface area contributed by atoms with Crippen molar-refractivity contribution in [2.24, 2.45) is 0 Å². The van der Waals surface area contributed by atoms with E-state index < -0.39 is 0 Å². The summed E-state index contributed by atoms with van der Waals surface area (Å²) in [7, 11) is 0. The van der Waals surface area contributed by atoms with Gasteiger partial charge < -0.3 is 10.1 Å². The second-order valence-electron chi connectivity index (χ2n) is 5.87. The molecule has 2 aromatic rings. The minimum atomic E-state index is -0.198. The number of rotatable bonds is 6. The summed E-state index contributed by atoms with van der Waals surface area (Å²) in [5.74, 6) is -0.198. The number of aromatic amines is 1. The third kappa shape index (κ3) is 4.16. The maximum Gasteiger partial charge on any atom is 0.123 e. The van der Waals surface area contributed by atoms with Crippen LogP contribution >= 0.6 is 0 Å². The molecule has 2 N–H and O–H groups in total. The second-order valence-corrected chi connectivity index (χ2v) is 5.87. The minimum absolute atomic E-state index is 0.198. The maximum atomic E-state index is 13.2. The highest BCUT2D eigenvalue weighted by Gasteiger charge is 2.22. The standard InChI is InChI=1S/C17H23FN4O/c1-13-15(11-20-21-13)10-19-12-17(22-6-8-23-9-7-22)14-2-4-16(18)5-3-14/h2-5,11,17,19H,6-10,12H2,1H3,(H,20,21). The van der Waals surface area contributed by atoms with Crippen molar-refractivity contribution in [1.82, 2.24) is 20.4 Å². The van der Waals surface area contributed by atoms with Gasteiger partial charge in [-0.1, -0.05) is 12.1 Å². The Labute approximate surface area is 135 Å². The molecule has 0 bridgehead atoms. The average Bonchev–Trinajstić information content (AvgIpc) is 2.99. The molecule has 3 rings (SSSR count). The van der Waals surface area contributed by atoms with Gasteiger partial charge in [-0.15, -0.1) is 0 Å². The van der Waals surface area contributed by atoms with E-state index in [0.29, 0.717) is 0 Å². The highest BCUT2D eigenvalue weighted by Crippen LogP contribution is 2.22. The van der Waals surface area contributed by atoms with Crippen LogP contribution in [-0.2, 0) is 11.3 Å². The molecule has 0 spiro atoms. The summed E-state index contributed by atoms with van der Waals surface area (Å²) in [6.45, 7) is 6.88. The zero-order chi connectivity index (χ0) is 16.1. The third-order valence-corrected chi connectivity index (χ3v) is 4.33. The fourth-order valence-electron chi connectivity index (χ4n) is 2.93. The number of hydrogen-bond acceptors (Lipinski definition) is 4. The Hall–Kier alpha value is -1.76. The summed E-state index contributed by atoms with van der Waals surface area (Å²) in [5, 5.41) is 10.5. The van der Waals surface area contributed by atoms with Gasteiger partial charge in [0.2, 0.25) is 0 Å². The average molecular weight is 318 g/mol. The van der Waals surface area contributed by atoms with E-state index in [2.05, 4.69) is 20.4 Å². The predicted molar refractivity (Wildman–Crippen MR) is 86.6 cm³/mol. The lowest BCUT2D eigenvalue weighted by molar-refractivity contribution is 0.0161. The molecule has 124 valence electrons. The van der Waals surface area contributed by atoms with Crippen LogP contribution in [0.3, 0.4) is 0 Å². The van der Waals surface area contributed by atoms with Crippen molar-refractivity contribution in [1.29, 1.82) is 0 Å². The van der Waals surface area contributed by atoms with Gasteiger partial charge in [-0.2, -0.15) is 5.10 Å². The number of H-pyrrole nitrogens is 1. The number of aromatic nitrogens is 2. The zero-order valence-electron chi connectivity index (χ0n) is 13.4. The van der Waals surface area contributed by atoms with Crippen LogP contribution in [0.5, 0.6) is 0 Å². The highest BCUT2D eigenvalue weighted by molar-refractivity contribution is 5.21. The summed E-state index contributed by atoms with van der Waals surface area (Å²) >= 11 is 0. The molecule has 23 heavy (non-hydrogen) atoms. The van der Waals surface area contributed by atoms with Crippen LogP contribution < -0.4 is 5.32 Å². The lowest BCUT2D eigenvalue weighted by Crippen LogP contribution is -2.42. The van der Waals surface area contributed by atoms with E-state index in [1.807, 2.05) is 25.3 Å². The van der Waals surface area contributed by atoms with Crippen LogP contribution in [0.4, 0.5) is 4.39 Å². The Balaban J connectivity index is 1.67. The number of ether oxygens (including phenoxy) is 1. The molecule has 0 radical (unpaired) electrons. The Kier molecular flexibility index (Phi) is 5.38.